The Morgan fingerprint density at radius 3 is 1.90 bits per heavy atom. The average molecular weight is 296 g/mol. The Labute approximate surface area is 119 Å². The summed E-state index contributed by atoms with van der Waals surface area (Å²) in [5.41, 5.74) is -0.854. The largest absolute Gasteiger partial charge is 0.478 e. The monoisotopic (exact) mass is 296 g/mol. The highest BCUT2D eigenvalue weighted by Crippen LogP contribution is 2.31. The van der Waals surface area contributed by atoms with Crippen LogP contribution < -0.4 is 9.47 Å². The van der Waals surface area contributed by atoms with Gasteiger partial charge in [0.15, 0.2) is 5.75 Å². The summed E-state index contributed by atoms with van der Waals surface area (Å²) in [6.07, 6.45) is 0. The molecule has 1 rings (SSSR count). The van der Waals surface area contributed by atoms with Gasteiger partial charge < -0.3 is 19.3 Å². The lowest BCUT2D eigenvalue weighted by molar-refractivity contribution is -0.133. The SMILES string of the molecule is COC(=O)c1cc(OC(C)=O)cc(C(=O)O)c1OC(C)=O. The molecule has 0 amide bonds. The molecule has 0 saturated carbocycles. The highest BCUT2D eigenvalue weighted by Gasteiger charge is 2.25. The molecule has 0 saturated heterocycles. The van der Waals surface area contributed by atoms with Crippen LogP contribution in [0, 0.1) is 0 Å². The first-order chi connectivity index (χ1) is 9.76. The van der Waals surface area contributed by atoms with Gasteiger partial charge in [0, 0.05) is 13.8 Å². The van der Waals surface area contributed by atoms with Crippen LogP contribution in [0.3, 0.4) is 0 Å². The first-order valence-corrected chi connectivity index (χ1v) is 5.62. The fourth-order valence-corrected chi connectivity index (χ4v) is 1.50. The molecule has 0 aromatic heterocycles. The molecular formula is C13H12O8. The Bertz CT molecular complexity index is 617. The van der Waals surface area contributed by atoms with Crippen molar-refractivity contribution in [3.8, 4) is 11.5 Å². The van der Waals surface area contributed by atoms with Gasteiger partial charge in [-0.3, -0.25) is 9.59 Å². The van der Waals surface area contributed by atoms with Crippen molar-refractivity contribution < 1.29 is 38.5 Å². The summed E-state index contributed by atoms with van der Waals surface area (Å²) in [4.78, 5) is 44.9. The zero-order valence-corrected chi connectivity index (χ0v) is 11.5. The predicted octanol–water partition coefficient (Wildman–Crippen LogP) is 1.02. The van der Waals surface area contributed by atoms with Crippen LogP contribution in [0.5, 0.6) is 11.5 Å². The highest BCUT2D eigenvalue weighted by atomic mass is 16.5. The zero-order chi connectivity index (χ0) is 16.2. The van der Waals surface area contributed by atoms with Crippen molar-refractivity contribution in [2.24, 2.45) is 0 Å². The maximum atomic E-state index is 11.7. The molecule has 0 atom stereocenters. The van der Waals surface area contributed by atoms with E-state index < -0.39 is 35.2 Å². The predicted molar refractivity (Wildman–Crippen MR) is 67.4 cm³/mol. The lowest BCUT2D eigenvalue weighted by atomic mass is 10.1. The number of carbonyl (C=O) groups is 4. The number of carboxylic acid groups (broad SMARTS) is 1. The van der Waals surface area contributed by atoms with Gasteiger partial charge in [-0.1, -0.05) is 0 Å². The number of methoxy groups -OCH3 is 1. The molecule has 0 bridgehead atoms. The fraction of sp³-hybridized carbons (Fsp3) is 0.231. The molecule has 0 aliphatic heterocycles. The minimum atomic E-state index is -1.47. The molecule has 0 fully saturated rings. The smallest absolute Gasteiger partial charge is 0.341 e. The molecule has 1 aromatic rings. The third-order valence-corrected chi connectivity index (χ3v) is 2.21. The van der Waals surface area contributed by atoms with Gasteiger partial charge in [-0.2, -0.15) is 0 Å². The maximum absolute atomic E-state index is 11.7. The lowest BCUT2D eigenvalue weighted by Gasteiger charge is -2.12. The minimum absolute atomic E-state index is 0.184. The molecule has 8 heteroatoms. The Balaban J connectivity index is 3.56. The molecule has 1 N–H and O–H groups in total. The Hall–Kier alpha value is -2.90. The van der Waals surface area contributed by atoms with Crippen molar-refractivity contribution in [1.29, 1.82) is 0 Å². The number of hydrogen-bond donors (Lipinski definition) is 1. The van der Waals surface area contributed by atoms with Gasteiger partial charge in [0.1, 0.15) is 16.9 Å². The van der Waals surface area contributed by atoms with Gasteiger partial charge in [0.2, 0.25) is 0 Å². The molecule has 0 aliphatic carbocycles. The van der Waals surface area contributed by atoms with Crippen LogP contribution in [0.15, 0.2) is 12.1 Å². The zero-order valence-electron chi connectivity index (χ0n) is 11.5. The standard InChI is InChI=1S/C13H12O8/c1-6(14)20-8-4-9(12(16)17)11(21-7(2)15)10(5-8)13(18)19-3/h4-5H,1-3H3,(H,16,17). The number of benzene rings is 1. The van der Waals surface area contributed by atoms with Crippen molar-refractivity contribution in [3.63, 3.8) is 0 Å². The lowest BCUT2D eigenvalue weighted by Crippen LogP contribution is -2.14. The molecule has 0 aliphatic rings. The molecule has 21 heavy (non-hydrogen) atoms. The summed E-state index contributed by atoms with van der Waals surface area (Å²) in [5, 5.41) is 9.13. The first-order valence-electron chi connectivity index (χ1n) is 5.62. The topological polar surface area (TPSA) is 116 Å². The third kappa shape index (κ3) is 4.03. The number of esters is 3. The molecule has 1 aromatic carbocycles. The molecular weight excluding hydrogens is 284 g/mol. The second-order valence-electron chi connectivity index (χ2n) is 3.83. The van der Waals surface area contributed by atoms with Gasteiger partial charge in [-0.25, -0.2) is 9.59 Å². The molecule has 0 unspecified atom stereocenters. The van der Waals surface area contributed by atoms with Gasteiger partial charge in [-0.05, 0) is 12.1 Å². The van der Waals surface area contributed by atoms with E-state index in [-0.39, 0.29) is 11.3 Å². The number of rotatable bonds is 4. The van der Waals surface area contributed by atoms with Crippen LogP contribution >= 0.6 is 0 Å². The normalized spacial score (nSPS) is 9.67. The molecule has 0 radical (unpaired) electrons. The summed E-state index contributed by atoms with van der Waals surface area (Å²) in [6.45, 7) is 2.16. The Kier molecular flexibility index (Phi) is 5.01. The van der Waals surface area contributed by atoms with E-state index >= 15 is 0 Å². The van der Waals surface area contributed by atoms with Crippen LogP contribution in [0.4, 0.5) is 0 Å². The summed E-state index contributed by atoms with van der Waals surface area (Å²) in [7, 11) is 1.07. The van der Waals surface area contributed by atoms with E-state index in [0.717, 1.165) is 33.1 Å². The number of ether oxygens (including phenoxy) is 3. The van der Waals surface area contributed by atoms with Gasteiger partial charge >= 0.3 is 23.9 Å². The minimum Gasteiger partial charge on any atom is -0.478 e. The van der Waals surface area contributed by atoms with Gasteiger partial charge in [-0.15, -0.1) is 0 Å². The third-order valence-electron chi connectivity index (χ3n) is 2.21. The summed E-state index contributed by atoms with van der Waals surface area (Å²) in [5.74, 6) is -4.59. The van der Waals surface area contributed by atoms with Crippen molar-refractivity contribution in [2.45, 2.75) is 13.8 Å². The quantitative estimate of drug-likeness (QED) is 0.646. The van der Waals surface area contributed by atoms with Gasteiger partial charge in [0.25, 0.3) is 0 Å². The Morgan fingerprint density at radius 1 is 0.952 bits per heavy atom. The van der Waals surface area contributed by atoms with E-state index in [1.54, 1.807) is 0 Å². The summed E-state index contributed by atoms with van der Waals surface area (Å²) in [6, 6.07) is 2.02. The van der Waals surface area contributed by atoms with Gasteiger partial charge in [0.05, 0.1) is 7.11 Å². The van der Waals surface area contributed by atoms with E-state index in [4.69, 9.17) is 14.6 Å². The highest BCUT2D eigenvalue weighted by molar-refractivity contribution is 6.01. The fourth-order valence-electron chi connectivity index (χ4n) is 1.50. The average Bonchev–Trinajstić information content (AvgIpc) is 2.37. The van der Waals surface area contributed by atoms with Crippen LogP contribution in [-0.2, 0) is 14.3 Å². The van der Waals surface area contributed by atoms with E-state index in [2.05, 4.69) is 4.74 Å². The van der Waals surface area contributed by atoms with Crippen molar-refractivity contribution in [2.75, 3.05) is 7.11 Å². The number of aromatic carboxylic acids is 1. The Morgan fingerprint density at radius 2 is 1.48 bits per heavy atom. The summed E-state index contributed by atoms with van der Waals surface area (Å²) < 4.78 is 14.0. The van der Waals surface area contributed by atoms with Crippen LogP contribution in [0.1, 0.15) is 34.6 Å². The van der Waals surface area contributed by atoms with E-state index in [1.165, 1.54) is 0 Å². The summed E-state index contributed by atoms with van der Waals surface area (Å²) >= 11 is 0. The van der Waals surface area contributed by atoms with Crippen molar-refractivity contribution in [1.82, 2.24) is 0 Å². The van der Waals surface area contributed by atoms with Crippen LogP contribution in [-0.4, -0.2) is 36.1 Å². The first kappa shape index (κ1) is 16.2. The molecule has 112 valence electrons. The second-order valence-corrected chi connectivity index (χ2v) is 3.83. The number of carbonyl (C=O) groups excluding carboxylic acids is 3. The van der Waals surface area contributed by atoms with Crippen molar-refractivity contribution in [3.05, 3.63) is 23.3 Å². The second kappa shape index (κ2) is 6.51. The van der Waals surface area contributed by atoms with Crippen LogP contribution in [0.25, 0.3) is 0 Å². The number of carboxylic acids is 1. The van der Waals surface area contributed by atoms with E-state index in [1.807, 2.05) is 0 Å². The molecule has 0 heterocycles. The van der Waals surface area contributed by atoms with E-state index in [9.17, 15) is 19.2 Å². The van der Waals surface area contributed by atoms with Crippen molar-refractivity contribution >= 4 is 23.9 Å². The van der Waals surface area contributed by atoms with Crippen LogP contribution in [0.2, 0.25) is 0 Å². The molecule has 0 spiro atoms. The maximum Gasteiger partial charge on any atom is 0.341 e. The van der Waals surface area contributed by atoms with E-state index in [0.29, 0.717) is 0 Å². The molecule has 8 nitrogen and oxygen atoms in total. The number of hydrogen-bond acceptors (Lipinski definition) is 7.